The zero-order valence-electron chi connectivity index (χ0n) is 17.8. The summed E-state index contributed by atoms with van der Waals surface area (Å²) in [5.41, 5.74) is 1.12. The average Bonchev–Trinajstić information content (AvgIpc) is 3.32. The van der Waals surface area contributed by atoms with Crippen LogP contribution in [0.2, 0.25) is 0 Å². The average molecular weight is 511 g/mol. The van der Waals surface area contributed by atoms with Crippen molar-refractivity contribution in [3.63, 3.8) is 0 Å². The lowest BCUT2D eigenvalue weighted by molar-refractivity contribution is 0.332. The molecular formula is C23H20BrFN6O2. The fourth-order valence-corrected chi connectivity index (χ4v) is 4.51. The van der Waals surface area contributed by atoms with Gasteiger partial charge < -0.3 is 9.42 Å². The lowest BCUT2D eigenvalue weighted by Gasteiger charge is -2.32. The number of benzene rings is 1. The summed E-state index contributed by atoms with van der Waals surface area (Å²) >= 11 is 3.52. The van der Waals surface area contributed by atoms with E-state index in [1.807, 2.05) is 29.2 Å². The zero-order valence-corrected chi connectivity index (χ0v) is 19.4. The topological polar surface area (TPSA) is 89.9 Å². The second kappa shape index (κ2) is 8.86. The second-order valence-corrected chi connectivity index (χ2v) is 8.77. The molecule has 1 fully saturated rings. The summed E-state index contributed by atoms with van der Waals surface area (Å²) in [6.45, 7) is 1.27. The Hall–Kier alpha value is -3.40. The minimum Gasteiger partial charge on any atom is -0.341 e. The van der Waals surface area contributed by atoms with Gasteiger partial charge in [-0.2, -0.15) is 4.98 Å². The first-order chi connectivity index (χ1) is 16.0. The van der Waals surface area contributed by atoms with Crippen molar-refractivity contribution < 1.29 is 8.91 Å². The molecule has 0 bridgehead atoms. The SMILES string of the molecule is Cn1c(N2CCCC(c3nc(-c4ccccc4Br)no3)C2)nc(-c2ccncc2F)cc1=O. The van der Waals surface area contributed by atoms with Crippen LogP contribution < -0.4 is 10.5 Å². The lowest BCUT2D eigenvalue weighted by atomic mass is 9.98. The molecule has 0 saturated carbocycles. The van der Waals surface area contributed by atoms with Gasteiger partial charge in [-0.25, -0.2) is 9.37 Å². The van der Waals surface area contributed by atoms with E-state index in [1.165, 1.54) is 22.9 Å². The number of halogens is 2. The molecule has 3 aromatic heterocycles. The van der Waals surface area contributed by atoms with Gasteiger partial charge >= 0.3 is 0 Å². The third-order valence-electron chi connectivity index (χ3n) is 5.77. The molecule has 0 N–H and O–H groups in total. The van der Waals surface area contributed by atoms with Crippen LogP contribution in [0, 0.1) is 5.82 Å². The van der Waals surface area contributed by atoms with E-state index in [0.717, 1.165) is 29.1 Å². The highest BCUT2D eigenvalue weighted by atomic mass is 79.9. The molecule has 0 radical (unpaired) electrons. The van der Waals surface area contributed by atoms with Gasteiger partial charge in [0.05, 0.1) is 17.8 Å². The minimum absolute atomic E-state index is 0.0132. The summed E-state index contributed by atoms with van der Waals surface area (Å²) in [5.74, 6) is 1.01. The van der Waals surface area contributed by atoms with E-state index in [4.69, 9.17) is 4.52 Å². The molecule has 1 aliphatic heterocycles. The van der Waals surface area contributed by atoms with E-state index in [2.05, 4.69) is 36.0 Å². The smallest absolute Gasteiger partial charge is 0.255 e. The molecule has 10 heteroatoms. The summed E-state index contributed by atoms with van der Waals surface area (Å²) in [6, 6.07) is 10.6. The van der Waals surface area contributed by atoms with Crippen molar-refractivity contribution >= 4 is 21.9 Å². The van der Waals surface area contributed by atoms with Crippen LogP contribution >= 0.6 is 15.9 Å². The van der Waals surface area contributed by atoms with Crippen LogP contribution in [0.4, 0.5) is 10.3 Å². The number of pyridine rings is 1. The third kappa shape index (κ3) is 4.18. The highest BCUT2D eigenvalue weighted by molar-refractivity contribution is 9.10. The molecule has 4 heterocycles. The van der Waals surface area contributed by atoms with E-state index < -0.39 is 5.82 Å². The second-order valence-electron chi connectivity index (χ2n) is 7.92. The molecule has 0 amide bonds. The van der Waals surface area contributed by atoms with E-state index in [9.17, 15) is 9.18 Å². The number of aromatic nitrogens is 5. The predicted octanol–water partition coefficient (Wildman–Crippen LogP) is 4.18. The van der Waals surface area contributed by atoms with Crippen molar-refractivity contribution in [3.8, 4) is 22.6 Å². The summed E-state index contributed by atoms with van der Waals surface area (Å²) in [5, 5.41) is 4.16. The molecule has 1 aromatic carbocycles. The number of anilines is 1. The van der Waals surface area contributed by atoms with Gasteiger partial charge in [0.15, 0.2) is 5.82 Å². The van der Waals surface area contributed by atoms with Crippen LogP contribution in [-0.4, -0.2) is 37.8 Å². The van der Waals surface area contributed by atoms with Crippen LogP contribution in [0.3, 0.4) is 0 Å². The number of hydrogen-bond donors (Lipinski definition) is 0. The molecule has 0 aliphatic carbocycles. The van der Waals surface area contributed by atoms with Crippen LogP contribution in [-0.2, 0) is 7.05 Å². The van der Waals surface area contributed by atoms with Crippen LogP contribution in [0.1, 0.15) is 24.7 Å². The van der Waals surface area contributed by atoms with Crippen molar-refractivity contribution in [3.05, 3.63) is 75.3 Å². The Balaban J connectivity index is 1.45. The van der Waals surface area contributed by atoms with Gasteiger partial charge in [0.1, 0.15) is 0 Å². The number of nitrogens with zero attached hydrogens (tertiary/aromatic N) is 6. The van der Waals surface area contributed by atoms with E-state index in [1.54, 1.807) is 7.05 Å². The first-order valence-electron chi connectivity index (χ1n) is 10.5. The number of hydrogen-bond acceptors (Lipinski definition) is 7. The van der Waals surface area contributed by atoms with Gasteiger partial charge in [-0.1, -0.05) is 33.2 Å². The normalized spacial score (nSPS) is 16.2. The Morgan fingerprint density at radius 3 is 2.85 bits per heavy atom. The minimum atomic E-state index is -0.522. The quantitative estimate of drug-likeness (QED) is 0.406. The van der Waals surface area contributed by atoms with Gasteiger partial charge in [-0.05, 0) is 31.0 Å². The maximum absolute atomic E-state index is 14.3. The Morgan fingerprint density at radius 1 is 1.18 bits per heavy atom. The molecule has 1 unspecified atom stereocenters. The monoisotopic (exact) mass is 510 g/mol. The molecule has 0 spiro atoms. The van der Waals surface area contributed by atoms with Crippen LogP contribution in [0.15, 0.2) is 62.6 Å². The van der Waals surface area contributed by atoms with E-state index in [0.29, 0.717) is 30.8 Å². The Labute approximate surface area is 197 Å². The van der Waals surface area contributed by atoms with Gasteiger partial charge in [0.2, 0.25) is 17.7 Å². The van der Waals surface area contributed by atoms with Crippen molar-refractivity contribution in [2.75, 3.05) is 18.0 Å². The third-order valence-corrected chi connectivity index (χ3v) is 6.46. The molecule has 168 valence electrons. The molecular weight excluding hydrogens is 491 g/mol. The molecule has 1 aliphatic rings. The van der Waals surface area contributed by atoms with Crippen LogP contribution in [0.5, 0.6) is 0 Å². The van der Waals surface area contributed by atoms with Gasteiger partial charge in [-0.3, -0.25) is 14.3 Å². The summed E-state index contributed by atoms with van der Waals surface area (Å²) < 4.78 is 22.3. The molecule has 8 nitrogen and oxygen atoms in total. The zero-order chi connectivity index (χ0) is 22.9. The maximum atomic E-state index is 14.3. The number of piperidine rings is 1. The van der Waals surface area contributed by atoms with E-state index >= 15 is 0 Å². The molecule has 33 heavy (non-hydrogen) atoms. The first-order valence-corrected chi connectivity index (χ1v) is 11.3. The van der Waals surface area contributed by atoms with Gasteiger partial charge in [0, 0.05) is 48.0 Å². The summed E-state index contributed by atoms with van der Waals surface area (Å²) in [7, 11) is 1.67. The summed E-state index contributed by atoms with van der Waals surface area (Å²) in [6.07, 6.45) is 4.33. The standard InChI is InChI=1S/C23H20BrFN6O2/c1-30-20(32)11-19(16-8-9-26-12-18(16)25)27-23(30)31-10-4-5-14(13-31)22-28-21(29-33-22)15-6-2-3-7-17(15)24/h2-3,6-9,11-12,14H,4-5,10,13H2,1H3. The summed E-state index contributed by atoms with van der Waals surface area (Å²) in [4.78, 5) is 27.7. The fourth-order valence-electron chi connectivity index (χ4n) is 4.04. The Kier molecular flexibility index (Phi) is 5.76. The molecule has 4 aromatic rings. The number of rotatable bonds is 4. The van der Waals surface area contributed by atoms with Crippen molar-refractivity contribution in [2.24, 2.45) is 7.05 Å². The fraction of sp³-hybridized carbons (Fsp3) is 0.261. The van der Waals surface area contributed by atoms with Crippen molar-refractivity contribution in [1.82, 2.24) is 24.7 Å². The molecule has 1 saturated heterocycles. The van der Waals surface area contributed by atoms with Gasteiger partial charge in [0.25, 0.3) is 5.56 Å². The van der Waals surface area contributed by atoms with E-state index in [-0.39, 0.29) is 22.7 Å². The Bertz CT molecular complexity index is 1370. The van der Waals surface area contributed by atoms with Crippen molar-refractivity contribution in [2.45, 2.75) is 18.8 Å². The first kappa shape index (κ1) is 21.4. The maximum Gasteiger partial charge on any atom is 0.255 e. The highest BCUT2D eigenvalue weighted by Gasteiger charge is 2.29. The predicted molar refractivity (Wildman–Crippen MR) is 124 cm³/mol. The largest absolute Gasteiger partial charge is 0.341 e. The van der Waals surface area contributed by atoms with Crippen molar-refractivity contribution in [1.29, 1.82) is 0 Å². The lowest BCUT2D eigenvalue weighted by Crippen LogP contribution is -2.38. The molecule has 5 rings (SSSR count). The van der Waals surface area contributed by atoms with Crippen LogP contribution in [0.25, 0.3) is 22.6 Å². The highest BCUT2D eigenvalue weighted by Crippen LogP contribution is 2.32. The van der Waals surface area contributed by atoms with Gasteiger partial charge in [-0.15, -0.1) is 0 Å². The Morgan fingerprint density at radius 2 is 2.03 bits per heavy atom. The molecule has 1 atom stereocenters.